The summed E-state index contributed by atoms with van der Waals surface area (Å²) in [5.74, 6) is -0.467. The van der Waals surface area contributed by atoms with E-state index < -0.39 is 11.9 Å². The molecule has 1 aliphatic carbocycles. The highest BCUT2D eigenvalue weighted by Gasteiger charge is 2.24. The third kappa shape index (κ3) is 5.60. The van der Waals surface area contributed by atoms with E-state index in [4.69, 9.17) is 9.15 Å². The average molecular weight is 535 g/mol. The molecule has 2 aliphatic rings. The zero-order valence-corrected chi connectivity index (χ0v) is 23.5. The number of hydrogen-bond donors (Lipinski definition) is 0. The summed E-state index contributed by atoms with van der Waals surface area (Å²) in [6, 6.07) is 19.7. The molecule has 200 valence electrons. The van der Waals surface area contributed by atoms with Crippen LogP contribution in [0.2, 0.25) is 0 Å². The highest BCUT2D eigenvalue weighted by molar-refractivity contribution is 6.09. The second-order valence-corrected chi connectivity index (χ2v) is 8.84. The van der Waals surface area contributed by atoms with Crippen molar-refractivity contribution in [3.8, 4) is 22.5 Å². The van der Waals surface area contributed by atoms with Gasteiger partial charge < -0.3 is 26.5 Å². The lowest BCUT2D eigenvalue weighted by atomic mass is 9.90. The Labute approximate surface area is 230 Å². The zero-order valence-electron chi connectivity index (χ0n) is 22.7. The molecule has 0 radical (unpaired) electrons. The minimum Gasteiger partial charge on any atom is -1.00 e. The van der Waals surface area contributed by atoms with Gasteiger partial charge in [0.05, 0.1) is 11.6 Å². The van der Waals surface area contributed by atoms with Crippen LogP contribution in [-0.2, 0) is 9.53 Å². The van der Waals surface area contributed by atoms with E-state index in [1.54, 1.807) is 19.1 Å². The molecule has 0 bridgehead atoms. The van der Waals surface area contributed by atoms with E-state index in [0.717, 1.165) is 65.1 Å². The Hall–Kier alpha value is -3.64. The highest BCUT2D eigenvalue weighted by Crippen LogP contribution is 2.42. The highest BCUT2D eigenvalue weighted by atomic mass is 35.5. The molecule has 0 amide bonds. The molecule has 4 rings (SSSR count). The number of ether oxygens (including phenoxy) is 1. The van der Waals surface area contributed by atoms with E-state index in [1.807, 2.05) is 12.1 Å². The first-order valence-electron chi connectivity index (χ1n) is 13.1. The molecule has 2 aromatic rings. The third-order valence-corrected chi connectivity index (χ3v) is 6.86. The Morgan fingerprint density at radius 1 is 0.868 bits per heavy atom. The zero-order chi connectivity index (χ0) is 26.5. The lowest BCUT2D eigenvalue weighted by Gasteiger charge is -2.22. The van der Waals surface area contributed by atoms with Gasteiger partial charge in [0.25, 0.3) is 0 Å². The standard InChI is InChI=1S/C31H35N2O4.ClH/c1-6-29(34)37-31(35)24-14-12-11-13-23(24)30-25-17-15-21(32(7-2)8-3)19-27(25)36-28-20-22(16-18-26(28)30)33(9-4)10-5;/h11-20H,6-10H2,1-5H3;1H/q+1;/p-1. The van der Waals surface area contributed by atoms with E-state index >= 15 is 0 Å². The van der Waals surface area contributed by atoms with Gasteiger partial charge in [-0.1, -0.05) is 25.1 Å². The minimum atomic E-state index is -0.649. The number of hydrogen-bond acceptors (Lipinski definition) is 5. The van der Waals surface area contributed by atoms with Gasteiger partial charge in [0.1, 0.15) is 24.4 Å². The fourth-order valence-corrected chi connectivity index (χ4v) is 4.84. The topological polar surface area (TPSA) is 62.8 Å². The van der Waals surface area contributed by atoms with Crippen molar-refractivity contribution in [3.63, 3.8) is 0 Å². The van der Waals surface area contributed by atoms with Gasteiger partial charge in [0, 0.05) is 53.8 Å². The van der Waals surface area contributed by atoms with Gasteiger partial charge in [-0.05, 0) is 57.5 Å². The second-order valence-electron chi connectivity index (χ2n) is 8.84. The molecule has 6 nitrogen and oxygen atoms in total. The molecule has 0 unspecified atom stereocenters. The van der Waals surface area contributed by atoms with Crippen molar-refractivity contribution in [1.29, 1.82) is 0 Å². The number of carbonyl (C=O) groups excluding carboxylic acids is 2. The van der Waals surface area contributed by atoms with Crippen molar-refractivity contribution in [1.82, 2.24) is 4.58 Å². The molecule has 0 spiro atoms. The van der Waals surface area contributed by atoms with E-state index in [-0.39, 0.29) is 18.8 Å². The van der Waals surface area contributed by atoms with Crippen LogP contribution in [0, 0.1) is 0 Å². The predicted octanol–water partition coefficient (Wildman–Crippen LogP) is 2.96. The van der Waals surface area contributed by atoms with Gasteiger partial charge in [-0.15, -0.1) is 0 Å². The fourth-order valence-electron chi connectivity index (χ4n) is 4.84. The van der Waals surface area contributed by atoms with Crippen LogP contribution in [0.15, 0.2) is 65.1 Å². The van der Waals surface area contributed by atoms with Gasteiger partial charge >= 0.3 is 11.9 Å². The smallest absolute Gasteiger partial charge is 0.346 e. The van der Waals surface area contributed by atoms with E-state index in [0.29, 0.717) is 11.1 Å². The van der Waals surface area contributed by atoms with E-state index in [2.05, 4.69) is 73.6 Å². The van der Waals surface area contributed by atoms with Crippen molar-refractivity contribution in [2.24, 2.45) is 0 Å². The molecular formula is C31H35ClN2O4. The molecule has 7 heteroatoms. The number of anilines is 1. The molecule has 1 heterocycles. The van der Waals surface area contributed by atoms with Gasteiger partial charge in [-0.25, -0.2) is 9.37 Å². The minimum absolute atomic E-state index is 0. The molecule has 1 aliphatic heterocycles. The summed E-state index contributed by atoms with van der Waals surface area (Å²) >= 11 is 0. The molecule has 0 fully saturated rings. The number of esters is 2. The van der Waals surface area contributed by atoms with Crippen molar-refractivity contribution >= 4 is 28.6 Å². The molecule has 0 atom stereocenters. The summed E-state index contributed by atoms with van der Waals surface area (Å²) in [7, 11) is 0. The van der Waals surface area contributed by atoms with Gasteiger partial charge in [0.2, 0.25) is 5.36 Å². The lowest BCUT2D eigenvalue weighted by Crippen LogP contribution is -3.00. The maximum absolute atomic E-state index is 13.0. The summed E-state index contributed by atoms with van der Waals surface area (Å²) in [6.45, 7) is 13.7. The first-order chi connectivity index (χ1) is 17.9. The summed E-state index contributed by atoms with van der Waals surface area (Å²) in [6.07, 6.45) is 0.131. The lowest BCUT2D eigenvalue weighted by molar-refractivity contribution is -0.137. The van der Waals surface area contributed by atoms with Crippen LogP contribution in [0.3, 0.4) is 0 Å². The molecule has 0 N–H and O–H groups in total. The normalized spacial score (nSPS) is 10.8. The number of benzene rings is 3. The number of nitrogens with zero attached hydrogens (tertiary/aromatic N) is 2. The number of rotatable bonds is 8. The summed E-state index contributed by atoms with van der Waals surface area (Å²) in [4.78, 5) is 27.2. The van der Waals surface area contributed by atoms with Crippen LogP contribution in [0.5, 0.6) is 0 Å². The summed E-state index contributed by atoms with van der Waals surface area (Å²) < 4.78 is 13.9. The van der Waals surface area contributed by atoms with Crippen molar-refractivity contribution in [2.45, 2.75) is 41.0 Å². The monoisotopic (exact) mass is 534 g/mol. The molecule has 0 saturated carbocycles. The largest absolute Gasteiger partial charge is 1.00 e. The van der Waals surface area contributed by atoms with E-state index in [9.17, 15) is 9.59 Å². The van der Waals surface area contributed by atoms with Crippen LogP contribution in [0.25, 0.3) is 33.4 Å². The van der Waals surface area contributed by atoms with Gasteiger partial charge in [0.15, 0.2) is 0 Å². The molecule has 0 aromatic heterocycles. The van der Waals surface area contributed by atoms with Crippen molar-refractivity contribution in [2.75, 3.05) is 31.1 Å². The Kier molecular flexibility index (Phi) is 9.70. The second kappa shape index (κ2) is 12.7. The average Bonchev–Trinajstić information content (AvgIpc) is 2.92. The van der Waals surface area contributed by atoms with Crippen LogP contribution in [0.4, 0.5) is 5.69 Å². The first-order valence-corrected chi connectivity index (χ1v) is 13.1. The maximum Gasteiger partial charge on any atom is 0.346 e. The van der Waals surface area contributed by atoms with Crippen LogP contribution < -0.4 is 27.2 Å². The van der Waals surface area contributed by atoms with Crippen LogP contribution >= 0.6 is 0 Å². The van der Waals surface area contributed by atoms with Gasteiger partial charge in [-0.2, -0.15) is 0 Å². The Bertz CT molecular complexity index is 1480. The molecule has 2 aromatic carbocycles. The molecular weight excluding hydrogens is 500 g/mol. The van der Waals surface area contributed by atoms with Gasteiger partial charge in [-0.3, -0.25) is 4.79 Å². The number of halogens is 1. The molecule has 38 heavy (non-hydrogen) atoms. The summed E-state index contributed by atoms with van der Waals surface area (Å²) in [5, 5.41) is 1.97. The van der Waals surface area contributed by atoms with Crippen molar-refractivity contribution < 1.29 is 31.2 Å². The summed E-state index contributed by atoms with van der Waals surface area (Å²) in [5.41, 5.74) is 4.63. The Balaban J connectivity index is 0.00000400. The number of fused-ring (bicyclic) bond motifs is 2. The predicted molar refractivity (Wildman–Crippen MR) is 149 cm³/mol. The van der Waals surface area contributed by atoms with Crippen LogP contribution in [-0.4, -0.2) is 38.1 Å². The first kappa shape index (κ1) is 28.9. The molecule has 0 saturated heterocycles. The number of carbonyl (C=O) groups is 2. The Morgan fingerprint density at radius 3 is 2.24 bits per heavy atom. The SMILES string of the molecule is CCC(=O)OC(=O)c1ccccc1-c1c2ccc(=[N+](CC)CC)cc-2oc2cc(N(CC)CC)ccc12.[Cl-]. The fraction of sp³-hybridized carbons (Fsp3) is 0.323. The van der Waals surface area contributed by atoms with E-state index in [1.165, 1.54) is 0 Å². The van der Waals surface area contributed by atoms with Crippen LogP contribution in [0.1, 0.15) is 51.4 Å². The Morgan fingerprint density at radius 2 is 1.58 bits per heavy atom. The quantitative estimate of drug-likeness (QED) is 0.150. The van der Waals surface area contributed by atoms with Crippen molar-refractivity contribution in [3.05, 3.63) is 71.6 Å². The maximum atomic E-state index is 13.0. The third-order valence-electron chi connectivity index (χ3n) is 6.86.